The number of hydrogen-bond donors (Lipinski definition) is 0. The molecule has 1 aliphatic rings. The van der Waals surface area contributed by atoms with E-state index in [1.807, 2.05) is 0 Å². The molecular formula is C10H13ClN2O3. The summed E-state index contributed by atoms with van der Waals surface area (Å²) in [6, 6.07) is -0.0235. The predicted molar refractivity (Wildman–Crippen MR) is 59.1 cm³/mol. The van der Waals surface area contributed by atoms with Crippen molar-refractivity contribution in [1.29, 1.82) is 0 Å². The summed E-state index contributed by atoms with van der Waals surface area (Å²) in [5, 5.41) is 4.12. The zero-order valence-electron chi connectivity index (χ0n) is 8.98. The van der Waals surface area contributed by atoms with Gasteiger partial charge in [0.05, 0.1) is 26.0 Å². The Kier molecular flexibility index (Phi) is 3.46. The molecule has 1 saturated heterocycles. The summed E-state index contributed by atoms with van der Waals surface area (Å²) in [7, 11) is 1.45. The summed E-state index contributed by atoms with van der Waals surface area (Å²) in [4.78, 5) is 11.9. The molecule has 0 amide bonds. The third-order valence-corrected chi connectivity index (χ3v) is 2.96. The number of nitrogens with zero attached hydrogens (tertiary/aromatic N) is 2. The van der Waals surface area contributed by atoms with E-state index in [2.05, 4.69) is 5.10 Å². The van der Waals surface area contributed by atoms with Crippen molar-refractivity contribution in [3.63, 3.8) is 0 Å². The van der Waals surface area contributed by atoms with Gasteiger partial charge in [-0.3, -0.25) is 4.79 Å². The smallest absolute Gasteiger partial charge is 0.289 e. The number of hydrogen-bond acceptors (Lipinski definition) is 4. The molecule has 0 unspecified atom stereocenters. The normalized spacial score (nSPS) is 20.8. The quantitative estimate of drug-likeness (QED) is 0.786. The minimum Gasteiger partial charge on any atom is -0.493 e. The molecule has 0 aromatic carbocycles. The lowest BCUT2D eigenvalue weighted by Gasteiger charge is -2.23. The average molecular weight is 245 g/mol. The van der Waals surface area contributed by atoms with E-state index < -0.39 is 0 Å². The summed E-state index contributed by atoms with van der Waals surface area (Å²) >= 11 is 5.88. The summed E-state index contributed by atoms with van der Waals surface area (Å²) < 4.78 is 11.6. The molecule has 1 aromatic heterocycles. The van der Waals surface area contributed by atoms with Gasteiger partial charge >= 0.3 is 0 Å². The largest absolute Gasteiger partial charge is 0.493 e. The first kappa shape index (κ1) is 11.4. The summed E-state index contributed by atoms with van der Waals surface area (Å²) in [6.45, 7) is 1.25. The van der Waals surface area contributed by atoms with E-state index in [1.165, 1.54) is 18.0 Å². The molecule has 1 atom stereocenters. The molecule has 2 heterocycles. The Hall–Kier alpha value is -1.07. The van der Waals surface area contributed by atoms with Crippen LogP contribution in [0.15, 0.2) is 11.0 Å². The second-order valence-corrected chi connectivity index (χ2v) is 4.03. The van der Waals surface area contributed by atoms with Crippen LogP contribution in [0.5, 0.6) is 5.75 Å². The lowest BCUT2D eigenvalue weighted by Crippen LogP contribution is -2.32. The lowest BCUT2D eigenvalue weighted by atomic mass is 10.1. The minimum absolute atomic E-state index is 0.0235. The van der Waals surface area contributed by atoms with Crippen LogP contribution in [-0.4, -0.2) is 30.1 Å². The van der Waals surface area contributed by atoms with Crippen molar-refractivity contribution < 1.29 is 9.47 Å². The van der Waals surface area contributed by atoms with Crippen molar-refractivity contribution in [1.82, 2.24) is 9.78 Å². The molecule has 16 heavy (non-hydrogen) atoms. The van der Waals surface area contributed by atoms with Gasteiger partial charge in [-0.1, -0.05) is 11.6 Å². The SMILES string of the molecule is COc1cnn([C@@H]2CCCOC2)c(=O)c1Cl. The van der Waals surface area contributed by atoms with Gasteiger partial charge in [0.25, 0.3) is 5.56 Å². The molecular weight excluding hydrogens is 232 g/mol. The first-order chi connectivity index (χ1) is 7.74. The van der Waals surface area contributed by atoms with Crippen LogP contribution in [0.2, 0.25) is 5.02 Å². The monoisotopic (exact) mass is 244 g/mol. The van der Waals surface area contributed by atoms with Crippen LogP contribution in [0.4, 0.5) is 0 Å². The van der Waals surface area contributed by atoms with E-state index in [4.69, 9.17) is 21.1 Å². The molecule has 0 N–H and O–H groups in total. The van der Waals surface area contributed by atoms with Crippen molar-refractivity contribution in [3.05, 3.63) is 21.6 Å². The highest BCUT2D eigenvalue weighted by atomic mass is 35.5. The van der Waals surface area contributed by atoms with Crippen LogP contribution in [0.25, 0.3) is 0 Å². The predicted octanol–water partition coefficient (Wildman–Crippen LogP) is 1.26. The Balaban J connectivity index is 2.34. The fourth-order valence-electron chi connectivity index (χ4n) is 1.75. The molecule has 5 nitrogen and oxygen atoms in total. The molecule has 1 aromatic rings. The highest BCUT2D eigenvalue weighted by Gasteiger charge is 2.20. The second-order valence-electron chi connectivity index (χ2n) is 3.65. The second kappa shape index (κ2) is 4.84. The zero-order chi connectivity index (χ0) is 11.5. The van der Waals surface area contributed by atoms with Crippen LogP contribution >= 0.6 is 11.6 Å². The van der Waals surface area contributed by atoms with Gasteiger partial charge < -0.3 is 9.47 Å². The lowest BCUT2D eigenvalue weighted by molar-refractivity contribution is 0.0530. The zero-order valence-corrected chi connectivity index (χ0v) is 9.74. The van der Waals surface area contributed by atoms with E-state index >= 15 is 0 Å². The molecule has 1 aliphatic heterocycles. The Morgan fingerprint density at radius 2 is 2.50 bits per heavy atom. The minimum atomic E-state index is -0.323. The highest BCUT2D eigenvalue weighted by molar-refractivity contribution is 6.31. The van der Waals surface area contributed by atoms with Gasteiger partial charge in [0.15, 0.2) is 10.8 Å². The molecule has 0 bridgehead atoms. The maximum absolute atomic E-state index is 11.9. The van der Waals surface area contributed by atoms with Gasteiger partial charge in [-0.05, 0) is 12.8 Å². The molecule has 0 radical (unpaired) electrons. The molecule has 0 aliphatic carbocycles. The fourth-order valence-corrected chi connectivity index (χ4v) is 1.96. The van der Waals surface area contributed by atoms with Crippen LogP contribution in [0.3, 0.4) is 0 Å². The van der Waals surface area contributed by atoms with Gasteiger partial charge in [-0.25, -0.2) is 4.68 Å². The van der Waals surface area contributed by atoms with Gasteiger partial charge in [-0.15, -0.1) is 0 Å². The number of ether oxygens (including phenoxy) is 2. The number of rotatable bonds is 2. The Morgan fingerprint density at radius 1 is 1.69 bits per heavy atom. The first-order valence-corrected chi connectivity index (χ1v) is 5.51. The fraction of sp³-hybridized carbons (Fsp3) is 0.600. The van der Waals surface area contributed by atoms with Gasteiger partial charge in [0.1, 0.15) is 0 Å². The van der Waals surface area contributed by atoms with Crippen LogP contribution in [0.1, 0.15) is 18.9 Å². The number of halogens is 1. The molecule has 0 saturated carbocycles. The van der Waals surface area contributed by atoms with Crippen molar-refractivity contribution in [3.8, 4) is 5.75 Å². The van der Waals surface area contributed by atoms with E-state index in [0.717, 1.165) is 19.4 Å². The maximum atomic E-state index is 11.9. The highest BCUT2D eigenvalue weighted by Crippen LogP contribution is 2.21. The summed E-state index contributed by atoms with van der Waals surface area (Å²) in [6.07, 6.45) is 3.27. The van der Waals surface area contributed by atoms with Crippen molar-refractivity contribution in [2.45, 2.75) is 18.9 Å². The Morgan fingerprint density at radius 3 is 3.12 bits per heavy atom. The third kappa shape index (κ3) is 2.05. The number of methoxy groups -OCH3 is 1. The first-order valence-electron chi connectivity index (χ1n) is 5.13. The molecule has 6 heteroatoms. The molecule has 2 rings (SSSR count). The third-order valence-electron chi connectivity index (χ3n) is 2.61. The maximum Gasteiger partial charge on any atom is 0.289 e. The summed E-state index contributed by atoms with van der Waals surface area (Å²) in [5.41, 5.74) is -0.323. The molecule has 0 spiro atoms. The van der Waals surface area contributed by atoms with Gasteiger partial charge in [-0.2, -0.15) is 5.10 Å². The standard InChI is InChI=1S/C10H13ClN2O3/c1-15-8-5-12-13(10(14)9(8)11)7-3-2-4-16-6-7/h5,7H,2-4,6H2,1H3/t7-/m1/s1. The topological polar surface area (TPSA) is 53.4 Å². The Labute approximate surface area is 97.9 Å². The van der Waals surface area contributed by atoms with Crippen molar-refractivity contribution in [2.24, 2.45) is 0 Å². The molecule has 1 fully saturated rings. The summed E-state index contributed by atoms with van der Waals surface area (Å²) in [5.74, 6) is 0.305. The van der Waals surface area contributed by atoms with E-state index in [-0.39, 0.29) is 16.6 Å². The van der Waals surface area contributed by atoms with Crippen LogP contribution in [-0.2, 0) is 4.74 Å². The van der Waals surface area contributed by atoms with E-state index in [1.54, 1.807) is 0 Å². The molecule has 88 valence electrons. The van der Waals surface area contributed by atoms with E-state index in [0.29, 0.717) is 12.4 Å². The van der Waals surface area contributed by atoms with Crippen molar-refractivity contribution in [2.75, 3.05) is 20.3 Å². The van der Waals surface area contributed by atoms with E-state index in [9.17, 15) is 4.79 Å². The van der Waals surface area contributed by atoms with Crippen LogP contribution < -0.4 is 10.3 Å². The Bertz CT molecular complexity index is 427. The van der Waals surface area contributed by atoms with Gasteiger partial charge in [0.2, 0.25) is 0 Å². The number of aromatic nitrogens is 2. The average Bonchev–Trinajstić information content (AvgIpc) is 2.34. The van der Waals surface area contributed by atoms with Gasteiger partial charge in [0, 0.05) is 6.61 Å². The van der Waals surface area contributed by atoms with Crippen LogP contribution in [0, 0.1) is 0 Å². The van der Waals surface area contributed by atoms with Crippen molar-refractivity contribution >= 4 is 11.6 Å².